The number of aryl methyl sites for hydroxylation is 1. The van der Waals surface area contributed by atoms with Gasteiger partial charge in [-0.15, -0.1) is 11.3 Å². The fourth-order valence-corrected chi connectivity index (χ4v) is 4.35. The fourth-order valence-electron chi connectivity index (χ4n) is 1.96. The van der Waals surface area contributed by atoms with Crippen molar-refractivity contribution < 1.29 is 8.42 Å². The van der Waals surface area contributed by atoms with Crippen molar-refractivity contribution >= 4 is 21.4 Å². The van der Waals surface area contributed by atoms with Gasteiger partial charge < -0.3 is 0 Å². The van der Waals surface area contributed by atoms with Crippen LogP contribution in [0, 0.1) is 0 Å². The second-order valence-corrected chi connectivity index (χ2v) is 7.23. The van der Waals surface area contributed by atoms with E-state index in [1.54, 1.807) is 15.6 Å². The fraction of sp³-hybridized carbons (Fsp3) is 0.636. The zero-order chi connectivity index (χ0) is 11.4. The second-order valence-electron chi connectivity index (χ2n) is 4.11. The predicted octanol–water partition coefficient (Wildman–Crippen LogP) is 2.11. The van der Waals surface area contributed by atoms with Crippen LogP contribution in [-0.4, -0.2) is 31.6 Å². The summed E-state index contributed by atoms with van der Waals surface area (Å²) in [7, 11) is -3.02. The Morgan fingerprint density at radius 3 is 2.62 bits per heavy atom. The topological polar surface area (TPSA) is 37.4 Å². The van der Waals surface area contributed by atoms with Crippen molar-refractivity contribution in [2.45, 2.75) is 25.7 Å². The Kier molecular flexibility index (Phi) is 4.00. The lowest BCUT2D eigenvalue weighted by molar-refractivity contribution is 0.346. The molecule has 1 saturated heterocycles. The Morgan fingerprint density at radius 2 is 2.00 bits per heavy atom. The second kappa shape index (κ2) is 5.29. The Balaban J connectivity index is 1.91. The van der Waals surface area contributed by atoms with Gasteiger partial charge in [0.2, 0.25) is 10.0 Å². The van der Waals surface area contributed by atoms with Gasteiger partial charge in [-0.1, -0.05) is 12.5 Å². The third-order valence-electron chi connectivity index (χ3n) is 2.89. The van der Waals surface area contributed by atoms with Crippen LogP contribution >= 0.6 is 11.3 Å². The molecule has 1 aliphatic heterocycles. The van der Waals surface area contributed by atoms with E-state index < -0.39 is 10.0 Å². The molecule has 0 radical (unpaired) electrons. The molecule has 0 N–H and O–H groups in total. The Hall–Kier alpha value is -0.390. The molecule has 1 aromatic heterocycles. The molecule has 90 valence electrons. The number of hydrogen-bond acceptors (Lipinski definition) is 3. The molecule has 0 saturated carbocycles. The van der Waals surface area contributed by atoms with E-state index >= 15 is 0 Å². The molecule has 0 atom stereocenters. The molecule has 16 heavy (non-hydrogen) atoms. The van der Waals surface area contributed by atoms with E-state index in [-0.39, 0.29) is 5.75 Å². The average Bonchev–Trinajstić information content (AvgIpc) is 2.81. The van der Waals surface area contributed by atoms with Gasteiger partial charge in [0.15, 0.2) is 0 Å². The maximum Gasteiger partial charge on any atom is 0.214 e. The highest BCUT2D eigenvalue weighted by Crippen LogP contribution is 2.16. The van der Waals surface area contributed by atoms with Crippen molar-refractivity contribution in [1.82, 2.24) is 4.31 Å². The summed E-state index contributed by atoms with van der Waals surface area (Å²) in [5, 5.41) is 1.99. The van der Waals surface area contributed by atoms with Gasteiger partial charge in [-0.25, -0.2) is 12.7 Å². The van der Waals surface area contributed by atoms with Gasteiger partial charge >= 0.3 is 0 Å². The van der Waals surface area contributed by atoms with E-state index in [2.05, 4.69) is 0 Å². The average molecular weight is 259 g/mol. The molecule has 5 heteroatoms. The highest BCUT2D eigenvalue weighted by atomic mass is 32.2. The number of thiophene rings is 1. The quantitative estimate of drug-likeness (QED) is 0.830. The van der Waals surface area contributed by atoms with E-state index in [1.807, 2.05) is 17.5 Å². The van der Waals surface area contributed by atoms with Crippen molar-refractivity contribution in [3.63, 3.8) is 0 Å². The van der Waals surface area contributed by atoms with Crippen molar-refractivity contribution in [3.8, 4) is 0 Å². The van der Waals surface area contributed by atoms with Crippen LogP contribution in [-0.2, 0) is 16.4 Å². The maximum absolute atomic E-state index is 12.0. The molecule has 0 aliphatic carbocycles. The van der Waals surface area contributed by atoms with Crippen LogP contribution in [0.25, 0.3) is 0 Å². The highest BCUT2D eigenvalue weighted by molar-refractivity contribution is 7.89. The minimum Gasteiger partial charge on any atom is -0.212 e. The first-order chi connectivity index (χ1) is 7.68. The minimum absolute atomic E-state index is 0.257. The van der Waals surface area contributed by atoms with Crippen LogP contribution in [0.2, 0.25) is 0 Å². The molecule has 0 spiro atoms. The molecule has 0 bridgehead atoms. The molecule has 1 aliphatic rings. The van der Waals surface area contributed by atoms with E-state index in [4.69, 9.17) is 0 Å². The molecule has 1 aromatic rings. The molecular formula is C11H17NO2S2. The Morgan fingerprint density at radius 1 is 1.25 bits per heavy atom. The Labute approximate surface area is 101 Å². The van der Waals surface area contributed by atoms with Crippen molar-refractivity contribution in [2.24, 2.45) is 0 Å². The molecule has 0 aromatic carbocycles. The van der Waals surface area contributed by atoms with Crippen LogP contribution in [0.3, 0.4) is 0 Å². The first kappa shape index (κ1) is 12.1. The van der Waals surface area contributed by atoms with Gasteiger partial charge in [-0.05, 0) is 30.7 Å². The molecule has 0 unspecified atom stereocenters. The summed E-state index contributed by atoms with van der Waals surface area (Å²) < 4.78 is 25.7. The lowest BCUT2D eigenvalue weighted by atomic mass is 10.2. The van der Waals surface area contributed by atoms with Crippen LogP contribution in [0.1, 0.15) is 24.1 Å². The molecule has 0 amide bonds. The highest BCUT2D eigenvalue weighted by Gasteiger charge is 2.23. The summed E-state index contributed by atoms with van der Waals surface area (Å²) in [5.41, 5.74) is 0. The van der Waals surface area contributed by atoms with E-state index in [9.17, 15) is 8.42 Å². The lowest BCUT2D eigenvalue weighted by Crippen LogP contribution is -2.37. The van der Waals surface area contributed by atoms with Gasteiger partial charge in [0.1, 0.15) is 0 Å². The Bertz CT molecular complexity index is 405. The van der Waals surface area contributed by atoms with E-state index in [0.717, 1.165) is 24.1 Å². The minimum atomic E-state index is -3.02. The monoisotopic (exact) mass is 259 g/mol. The van der Waals surface area contributed by atoms with E-state index in [0.29, 0.717) is 19.5 Å². The summed E-state index contributed by atoms with van der Waals surface area (Å²) in [6.07, 6.45) is 3.84. The molecule has 1 fully saturated rings. The van der Waals surface area contributed by atoms with Gasteiger partial charge in [0.25, 0.3) is 0 Å². The standard InChI is InChI=1S/C11H17NO2S2/c13-16(14,12-7-2-1-3-8-12)10-6-11-5-4-9-15-11/h4-5,9H,1-3,6-8,10H2. The summed E-state index contributed by atoms with van der Waals surface area (Å²) in [6.45, 7) is 1.43. The maximum atomic E-state index is 12.0. The first-order valence-electron chi connectivity index (χ1n) is 5.69. The molecule has 3 nitrogen and oxygen atoms in total. The van der Waals surface area contributed by atoms with Crippen molar-refractivity contribution in [1.29, 1.82) is 0 Å². The van der Waals surface area contributed by atoms with Crippen LogP contribution in [0.15, 0.2) is 17.5 Å². The zero-order valence-electron chi connectivity index (χ0n) is 9.26. The molecule has 2 rings (SSSR count). The van der Waals surface area contributed by atoms with Gasteiger partial charge in [0.05, 0.1) is 5.75 Å². The molecule has 2 heterocycles. The zero-order valence-corrected chi connectivity index (χ0v) is 10.9. The number of nitrogens with zero attached hydrogens (tertiary/aromatic N) is 1. The number of sulfonamides is 1. The normalized spacial score (nSPS) is 18.8. The third kappa shape index (κ3) is 3.06. The largest absolute Gasteiger partial charge is 0.214 e. The van der Waals surface area contributed by atoms with Crippen molar-refractivity contribution in [3.05, 3.63) is 22.4 Å². The van der Waals surface area contributed by atoms with Crippen LogP contribution in [0.4, 0.5) is 0 Å². The number of rotatable bonds is 4. The van der Waals surface area contributed by atoms with Crippen LogP contribution < -0.4 is 0 Å². The summed E-state index contributed by atoms with van der Waals surface area (Å²) in [6, 6.07) is 3.96. The number of piperidine rings is 1. The van der Waals surface area contributed by atoms with E-state index in [1.165, 1.54) is 0 Å². The molecular weight excluding hydrogens is 242 g/mol. The summed E-state index contributed by atoms with van der Waals surface area (Å²) in [4.78, 5) is 1.15. The SMILES string of the molecule is O=S(=O)(CCc1cccs1)N1CCCCC1. The van der Waals surface area contributed by atoms with Crippen molar-refractivity contribution in [2.75, 3.05) is 18.8 Å². The summed E-state index contributed by atoms with van der Waals surface area (Å²) >= 11 is 1.63. The predicted molar refractivity (Wildman–Crippen MR) is 67.2 cm³/mol. The first-order valence-corrected chi connectivity index (χ1v) is 8.17. The van der Waals surface area contributed by atoms with Gasteiger partial charge in [-0.3, -0.25) is 0 Å². The smallest absolute Gasteiger partial charge is 0.212 e. The summed E-state index contributed by atoms with van der Waals surface area (Å²) in [5.74, 6) is 0.257. The lowest BCUT2D eigenvalue weighted by Gasteiger charge is -2.25. The van der Waals surface area contributed by atoms with Gasteiger partial charge in [0, 0.05) is 18.0 Å². The third-order valence-corrected chi connectivity index (χ3v) is 5.70. The van der Waals surface area contributed by atoms with Gasteiger partial charge in [-0.2, -0.15) is 0 Å². The van der Waals surface area contributed by atoms with Crippen LogP contribution in [0.5, 0.6) is 0 Å². The number of hydrogen-bond donors (Lipinski definition) is 0.